The molecule has 1 aliphatic heterocycles. The molecule has 1 aliphatic carbocycles. The number of rotatable bonds is 6. The third-order valence-electron chi connectivity index (χ3n) is 6.28. The highest BCUT2D eigenvalue weighted by atomic mass is 16.2. The fourth-order valence-corrected chi connectivity index (χ4v) is 4.81. The Hall–Kier alpha value is -1.69. The SMILES string of the molecule is CC(=O)c1c(C)nn(C(C)CC(=O)N2CCN(CC3CCCC3)CC2)c1C. The van der Waals surface area contributed by atoms with Gasteiger partial charge in [-0.15, -0.1) is 0 Å². The number of hydrogen-bond donors (Lipinski definition) is 0. The van der Waals surface area contributed by atoms with Crippen molar-refractivity contribution in [3.8, 4) is 0 Å². The van der Waals surface area contributed by atoms with Gasteiger partial charge in [-0.1, -0.05) is 12.8 Å². The Morgan fingerprint density at radius 2 is 1.74 bits per heavy atom. The zero-order valence-corrected chi connectivity index (χ0v) is 17.3. The van der Waals surface area contributed by atoms with Gasteiger partial charge >= 0.3 is 0 Å². The predicted molar refractivity (Wildman–Crippen MR) is 106 cm³/mol. The van der Waals surface area contributed by atoms with Crippen LogP contribution in [0.1, 0.15) is 73.7 Å². The molecule has 3 rings (SSSR count). The summed E-state index contributed by atoms with van der Waals surface area (Å²) < 4.78 is 1.85. The van der Waals surface area contributed by atoms with Crippen LogP contribution in [0.2, 0.25) is 0 Å². The zero-order valence-electron chi connectivity index (χ0n) is 17.3. The second-order valence-corrected chi connectivity index (χ2v) is 8.43. The summed E-state index contributed by atoms with van der Waals surface area (Å²) >= 11 is 0. The van der Waals surface area contributed by atoms with Crippen molar-refractivity contribution in [3.63, 3.8) is 0 Å². The molecule has 1 unspecified atom stereocenters. The first-order valence-corrected chi connectivity index (χ1v) is 10.4. The topological polar surface area (TPSA) is 58.4 Å². The van der Waals surface area contributed by atoms with Crippen LogP contribution in [-0.4, -0.2) is 64.0 Å². The van der Waals surface area contributed by atoms with E-state index in [4.69, 9.17) is 0 Å². The van der Waals surface area contributed by atoms with Crippen molar-refractivity contribution in [2.24, 2.45) is 5.92 Å². The molecule has 2 aliphatic rings. The van der Waals surface area contributed by atoms with E-state index in [0.29, 0.717) is 12.0 Å². The summed E-state index contributed by atoms with van der Waals surface area (Å²) in [6.45, 7) is 12.2. The monoisotopic (exact) mass is 374 g/mol. The second-order valence-electron chi connectivity index (χ2n) is 8.43. The lowest BCUT2D eigenvalue weighted by Gasteiger charge is -2.36. The normalized spacial score (nSPS) is 20.2. The third kappa shape index (κ3) is 4.60. The zero-order chi connectivity index (χ0) is 19.6. The number of aromatic nitrogens is 2. The minimum atomic E-state index is -0.0409. The van der Waals surface area contributed by atoms with Crippen molar-refractivity contribution in [1.29, 1.82) is 0 Å². The number of carbonyl (C=O) groups is 2. The molecule has 1 saturated heterocycles. The quantitative estimate of drug-likeness (QED) is 0.718. The maximum absolute atomic E-state index is 12.8. The second kappa shape index (κ2) is 8.55. The molecule has 6 nitrogen and oxygen atoms in total. The number of amides is 1. The van der Waals surface area contributed by atoms with Crippen LogP contribution < -0.4 is 0 Å². The first-order valence-electron chi connectivity index (χ1n) is 10.4. The number of aryl methyl sites for hydroxylation is 1. The molecule has 0 bridgehead atoms. The molecule has 2 heterocycles. The highest BCUT2D eigenvalue weighted by Gasteiger charge is 2.26. The van der Waals surface area contributed by atoms with Crippen LogP contribution in [0.15, 0.2) is 0 Å². The van der Waals surface area contributed by atoms with Crippen molar-refractivity contribution in [2.75, 3.05) is 32.7 Å². The molecule has 0 spiro atoms. The molecule has 1 aromatic rings. The van der Waals surface area contributed by atoms with E-state index in [1.54, 1.807) is 6.92 Å². The van der Waals surface area contributed by atoms with E-state index in [1.807, 2.05) is 30.4 Å². The minimum absolute atomic E-state index is 0.0353. The van der Waals surface area contributed by atoms with Crippen LogP contribution in [0.4, 0.5) is 0 Å². The molecule has 0 radical (unpaired) electrons. The lowest BCUT2D eigenvalue weighted by atomic mass is 10.1. The van der Waals surface area contributed by atoms with Crippen LogP contribution in [0, 0.1) is 19.8 Å². The summed E-state index contributed by atoms with van der Waals surface area (Å²) in [5.41, 5.74) is 2.30. The van der Waals surface area contributed by atoms with Crippen LogP contribution >= 0.6 is 0 Å². The van der Waals surface area contributed by atoms with Crippen LogP contribution in [0.25, 0.3) is 0 Å². The summed E-state index contributed by atoms with van der Waals surface area (Å²) in [5.74, 6) is 1.10. The number of hydrogen-bond acceptors (Lipinski definition) is 4. The average Bonchev–Trinajstić information content (AvgIpc) is 3.22. The van der Waals surface area contributed by atoms with E-state index >= 15 is 0 Å². The van der Waals surface area contributed by atoms with Gasteiger partial charge in [-0.2, -0.15) is 5.10 Å². The molecule has 27 heavy (non-hydrogen) atoms. The van der Waals surface area contributed by atoms with Gasteiger partial charge in [-0.25, -0.2) is 0 Å². The van der Waals surface area contributed by atoms with Gasteiger partial charge in [0.2, 0.25) is 5.91 Å². The standard InChI is InChI=1S/C21H34N4O2/c1-15(25-17(3)21(18(4)26)16(2)22-25)13-20(27)24-11-9-23(10-12-24)14-19-7-5-6-8-19/h15,19H,5-14H2,1-4H3. The van der Waals surface area contributed by atoms with Crippen molar-refractivity contribution in [1.82, 2.24) is 19.6 Å². The van der Waals surface area contributed by atoms with Crippen molar-refractivity contribution >= 4 is 11.7 Å². The molecule has 1 amide bonds. The fourth-order valence-electron chi connectivity index (χ4n) is 4.81. The summed E-state index contributed by atoms with van der Waals surface area (Å²) in [6.07, 6.45) is 5.96. The van der Waals surface area contributed by atoms with Gasteiger partial charge in [0.25, 0.3) is 0 Å². The molecule has 6 heteroatoms. The first kappa shape index (κ1) is 20.1. The Morgan fingerprint density at radius 1 is 1.11 bits per heavy atom. The van der Waals surface area contributed by atoms with E-state index in [-0.39, 0.29) is 17.7 Å². The summed E-state index contributed by atoms with van der Waals surface area (Å²) in [5, 5.41) is 4.52. The fraction of sp³-hybridized carbons (Fsp3) is 0.762. The number of Topliss-reactive ketones (excluding diaryl/α,β-unsaturated/α-hetero) is 1. The highest BCUT2D eigenvalue weighted by Crippen LogP contribution is 2.26. The Kier molecular flexibility index (Phi) is 6.35. The first-order chi connectivity index (χ1) is 12.9. The maximum atomic E-state index is 12.8. The van der Waals surface area contributed by atoms with E-state index in [1.165, 1.54) is 32.2 Å². The molecule has 0 aromatic carbocycles. The van der Waals surface area contributed by atoms with E-state index in [2.05, 4.69) is 10.00 Å². The van der Waals surface area contributed by atoms with Crippen LogP contribution in [0.3, 0.4) is 0 Å². The average molecular weight is 375 g/mol. The van der Waals surface area contributed by atoms with E-state index < -0.39 is 0 Å². The number of ketones is 1. The Morgan fingerprint density at radius 3 is 2.30 bits per heavy atom. The molecule has 1 saturated carbocycles. The maximum Gasteiger partial charge on any atom is 0.224 e. The lowest BCUT2D eigenvalue weighted by molar-refractivity contribution is -0.133. The smallest absolute Gasteiger partial charge is 0.224 e. The predicted octanol–water partition coefficient (Wildman–Crippen LogP) is 2.99. The lowest BCUT2D eigenvalue weighted by Crippen LogP contribution is -2.49. The number of piperazine rings is 1. The molecule has 1 aromatic heterocycles. The van der Waals surface area contributed by atoms with Gasteiger partial charge in [0.1, 0.15) is 0 Å². The molecular formula is C21H34N4O2. The molecule has 0 N–H and O–H groups in total. The van der Waals surface area contributed by atoms with Gasteiger partial charge in [0.15, 0.2) is 5.78 Å². The van der Waals surface area contributed by atoms with Crippen LogP contribution in [0.5, 0.6) is 0 Å². The largest absolute Gasteiger partial charge is 0.340 e. The van der Waals surface area contributed by atoms with E-state index in [0.717, 1.165) is 43.5 Å². The third-order valence-corrected chi connectivity index (χ3v) is 6.28. The summed E-state index contributed by atoms with van der Waals surface area (Å²) in [6, 6.07) is -0.0409. The highest BCUT2D eigenvalue weighted by molar-refractivity contribution is 5.96. The van der Waals surface area contributed by atoms with Gasteiger partial charge < -0.3 is 4.90 Å². The van der Waals surface area contributed by atoms with Gasteiger partial charge in [-0.05, 0) is 46.5 Å². The van der Waals surface area contributed by atoms with Gasteiger partial charge in [-0.3, -0.25) is 19.2 Å². The van der Waals surface area contributed by atoms with Crippen molar-refractivity contribution in [2.45, 2.75) is 65.8 Å². The molecule has 1 atom stereocenters. The molecule has 150 valence electrons. The Bertz CT molecular complexity index is 683. The van der Waals surface area contributed by atoms with Crippen LogP contribution in [-0.2, 0) is 4.79 Å². The van der Waals surface area contributed by atoms with Gasteiger partial charge in [0, 0.05) is 44.8 Å². The van der Waals surface area contributed by atoms with Crippen molar-refractivity contribution in [3.05, 3.63) is 17.0 Å². The van der Waals surface area contributed by atoms with Crippen molar-refractivity contribution < 1.29 is 9.59 Å². The number of nitrogens with zero attached hydrogens (tertiary/aromatic N) is 4. The molecular weight excluding hydrogens is 340 g/mol. The summed E-state index contributed by atoms with van der Waals surface area (Å²) in [4.78, 5) is 29.1. The van der Waals surface area contributed by atoms with E-state index in [9.17, 15) is 9.59 Å². The Labute approximate surface area is 162 Å². The minimum Gasteiger partial charge on any atom is -0.340 e. The van der Waals surface area contributed by atoms with Gasteiger partial charge in [0.05, 0.1) is 17.3 Å². The summed E-state index contributed by atoms with van der Waals surface area (Å²) in [7, 11) is 0. The Balaban J connectivity index is 1.52. The number of carbonyl (C=O) groups excluding carboxylic acids is 2. The molecule has 2 fully saturated rings.